The van der Waals surface area contributed by atoms with Crippen LogP contribution >= 0.6 is 0 Å². The Balaban J connectivity index is 1.16. The van der Waals surface area contributed by atoms with E-state index in [0.717, 1.165) is 55.6 Å². The lowest BCUT2D eigenvalue weighted by Gasteiger charge is -2.32. The quantitative estimate of drug-likeness (QED) is 0.263. The Labute approximate surface area is 237 Å². The molecule has 0 atom stereocenters. The van der Waals surface area contributed by atoms with E-state index in [2.05, 4.69) is 35.6 Å². The Hall–Kier alpha value is -3.76. The third-order valence-corrected chi connectivity index (χ3v) is 7.79. The number of nitrogens with zero attached hydrogens (tertiary/aromatic N) is 4. The Kier molecular flexibility index (Phi) is 8.70. The van der Waals surface area contributed by atoms with Crippen LogP contribution in [0.15, 0.2) is 61.1 Å². The predicted octanol–water partition coefficient (Wildman–Crippen LogP) is 5.71. The molecule has 4 aromatic rings. The molecule has 7 nitrogen and oxygen atoms in total. The molecule has 1 aliphatic heterocycles. The Morgan fingerprint density at radius 3 is 2.54 bits per heavy atom. The topological polar surface area (TPSA) is 72.3 Å². The third-order valence-electron chi connectivity index (χ3n) is 7.79. The van der Waals surface area contributed by atoms with E-state index in [1.807, 2.05) is 9.58 Å². The molecule has 2 aromatic heterocycles. The van der Waals surface area contributed by atoms with E-state index in [-0.39, 0.29) is 5.91 Å². The predicted molar refractivity (Wildman–Crippen MR) is 151 cm³/mol. The van der Waals surface area contributed by atoms with Crippen LogP contribution in [-0.4, -0.2) is 58.9 Å². The van der Waals surface area contributed by atoms with Crippen molar-refractivity contribution in [2.75, 3.05) is 33.4 Å². The third kappa shape index (κ3) is 6.77. The van der Waals surface area contributed by atoms with Crippen LogP contribution in [0.5, 0.6) is 0 Å². The van der Waals surface area contributed by atoms with Crippen molar-refractivity contribution in [3.05, 3.63) is 83.3 Å². The van der Waals surface area contributed by atoms with Gasteiger partial charge in [-0.2, -0.15) is 18.3 Å². The summed E-state index contributed by atoms with van der Waals surface area (Å²) in [5.41, 5.74) is 4.13. The zero-order valence-electron chi connectivity index (χ0n) is 23.2. The monoisotopic (exact) mass is 565 g/mol. The number of halogens is 3. The minimum Gasteiger partial charge on any atom is -0.383 e. The first kappa shape index (κ1) is 28.8. The van der Waals surface area contributed by atoms with Gasteiger partial charge in [0.2, 0.25) is 0 Å². The molecule has 0 unspecified atom stereocenters. The Bertz CT molecular complexity index is 1490. The van der Waals surface area contributed by atoms with Gasteiger partial charge in [0, 0.05) is 74.9 Å². The number of carbonyl (C=O) groups is 1. The van der Waals surface area contributed by atoms with E-state index >= 15 is 0 Å². The molecule has 216 valence electrons. The van der Waals surface area contributed by atoms with Crippen LogP contribution in [0.4, 0.5) is 13.2 Å². The summed E-state index contributed by atoms with van der Waals surface area (Å²) in [6, 6.07) is 11.9. The van der Waals surface area contributed by atoms with E-state index in [4.69, 9.17) is 9.84 Å². The van der Waals surface area contributed by atoms with Crippen molar-refractivity contribution < 1.29 is 22.7 Å². The number of aromatic nitrogens is 3. The average Bonchev–Trinajstić information content (AvgIpc) is 3.39. The zero-order valence-corrected chi connectivity index (χ0v) is 23.2. The van der Waals surface area contributed by atoms with Crippen molar-refractivity contribution in [2.45, 2.75) is 39.0 Å². The number of rotatable bonds is 9. The summed E-state index contributed by atoms with van der Waals surface area (Å²) < 4.78 is 46.3. The van der Waals surface area contributed by atoms with Gasteiger partial charge in [-0.15, -0.1) is 0 Å². The molecule has 1 fully saturated rings. The second kappa shape index (κ2) is 12.4. The molecular formula is C31H34F3N5O2. The van der Waals surface area contributed by atoms with Gasteiger partial charge in [0.05, 0.1) is 17.7 Å². The van der Waals surface area contributed by atoms with E-state index in [9.17, 15) is 18.0 Å². The Morgan fingerprint density at radius 1 is 1.07 bits per heavy atom. The van der Waals surface area contributed by atoms with Gasteiger partial charge in [-0.25, -0.2) is 0 Å². The van der Waals surface area contributed by atoms with Crippen LogP contribution in [0.2, 0.25) is 0 Å². The average molecular weight is 566 g/mol. The maximum atomic E-state index is 13.1. The number of nitrogens with one attached hydrogen (secondary N) is 1. The van der Waals surface area contributed by atoms with Crippen LogP contribution < -0.4 is 5.32 Å². The van der Waals surface area contributed by atoms with Crippen LogP contribution in [0, 0.1) is 12.8 Å². The summed E-state index contributed by atoms with van der Waals surface area (Å²) in [7, 11) is 1.70. The van der Waals surface area contributed by atoms with Crippen molar-refractivity contribution >= 4 is 16.8 Å². The number of aryl methyl sites for hydroxylation is 1. The first-order chi connectivity index (χ1) is 19.7. The molecule has 1 N–H and O–H groups in total. The minimum atomic E-state index is -4.46. The normalized spacial score (nSPS) is 14.6. The van der Waals surface area contributed by atoms with Gasteiger partial charge in [0.1, 0.15) is 0 Å². The van der Waals surface area contributed by atoms with Crippen molar-refractivity contribution in [2.24, 2.45) is 5.92 Å². The van der Waals surface area contributed by atoms with Gasteiger partial charge in [-0.05, 0) is 66.6 Å². The molecule has 1 saturated heterocycles. The number of likely N-dealkylation sites (tertiary alicyclic amines) is 1. The molecule has 0 bridgehead atoms. The number of piperidine rings is 1. The van der Waals surface area contributed by atoms with Crippen LogP contribution in [0.3, 0.4) is 0 Å². The Morgan fingerprint density at radius 2 is 1.83 bits per heavy atom. The van der Waals surface area contributed by atoms with Crippen molar-refractivity contribution in [3.63, 3.8) is 0 Å². The second-order valence-corrected chi connectivity index (χ2v) is 10.6. The van der Waals surface area contributed by atoms with E-state index in [1.54, 1.807) is 31.4 Å². The van der Waals surface area contributed by atoms with Crippen molar-refractivity contribution in [1.29, 1.82) is 0 Å². The molecule has 0 saturated carbocycles. The largest absolute Gasteiger partial charge is 0.417 e. The molecule has 0 aliphatic carbocycles. The van der Waals surface area contributed by atoms with Gasteiger partial charge < -0.3 is 15.0 Å². The number of hydrogen-bond donors (Lipinski definition) is 1. The first-order valence-electron chi connectivity index (χ1n) is 13.8. The lowest BCUT2D eigenvalue weighted by molar-refractivity contribution is -0.137. The standard InChI is InChI=1S/C31H34F3N5O2/c1-21-25(16-35-11-14-41-2)7-8-29-28(21)20-39(37-29)19-22-9-12-38(13-10-22)30(40)24-5-3-23(4-6-24)26-15-27(18-36-17-26)31(32,33)34/h3-8,15,17-18,20,22,35H,9-14,16,19H2,1-2H3. The number of methoxy groups -OCH3 is 1. The lowest BCUT2D eigenvalue weighted by atomic mass is 9.96. The van der Waals surface area contributed by atoms with Crippen LogP contribution in [0.1, 0.15) is 39.9 Å². The number of alkyl halides is 3. The lowest BCUT2D eigenvalue weighted by Crippen LogP contribution is -2.39. The highest BCUT2D eigenvalue weighted by Gasteiger charge is 2.31. The molecule has 2 aromatic carbocycles. The number of ether oxygens (including phenoxy) is 1. The molecule has 41 heavy (non-hydrogen) atoms. The summed E-state index contributed by atoms with van der Waals surface area (Å²) in [5.74, 6) is 0.351. The van der Waals surface area contributed by atoms with E-state index in [0.29, 0.717) is 42.3 Å². The molecule has 1 amide bonds. The highest BCUT2D eigenvalue weighted by Crippen LogP contribution is 2.32. The van der Waals surface area contributed by atoms with Crippen LogP contribution in [0.25, 0.3) is 22.0 Å². The highest BCUT2D eigenvalue weighted by molar-refractivity contribution is 5.94. The summed E-state index contributed by atoms with van der Waals surface area (Å²) in [5, 5.41) is 9.36. The summed E-state index contributed by atoms with van der Waals surface area (Å²) >= 11 is 0. The zero-order chi connectivity index (χ0) is 29.0. The highest BCUT2D eigenvalue weighted by atomic mass is 19.4. The minimum absolute atomic E-state index is 0.0655. The maximum absolute atomic E-state index is 13.1. The maximum Gasteiger partial charge on any atom is 0.417 e. The molecule has 10 heteroatoms. The van der Waals surface area contributed by atoms with Gasteiger partial charge in [-0.1, -0.05) is 18.2 Å². The smallest absolute Gasteiger partial charge is 0.383 e. The first-order valence-corrected chi connectivity index (χ1v) is 13.8. The SMILES string of the molecule is COCCNCc1ccc2nn(CC3CCN(C(=O)c4ccc(-c5cncc(C(F)(F)F)c5)cc4)CC3)cc2c1C. The molecule has 5 rings (SSSR count). The van der Waals surface area contributed by atoms with Gasteiger partial charge in [0.25, 0.3) is 5.91 Å². The summed E-state index contributed by atoms with van der Waals surface area (Å²) in [4.78, 5) is 18.7. The van der Waals surface area contributed by atoms with Crippen molar-refractivity contribution in [1.82, 2.24) is 25.0 Å². The second-order valence-electron chi connectivity index (χ2n) is 10.6. The fourth-order valence-corrected chi connectivity index (χ4v) is 5.33. The van der Waals surface area contributed by atoms with E-state index in [1.165, 1.54) is 17.3 Å². The molecule has 3 heterocycles. The van der Waals surface area contributed by atoms with E-state index < -0.39 is 11.7 Å². The van der Waals surface area contributed by atoms with Gasteiger partial charge >= 0.3 is 6.18 Å². The fourth-order valence-electron chi connectivity index (χ4n) is 5.33. The number of pyridine rings is 1. The van der Waals surface area contributed by atoms with Crippen molar-refractivity contribution in [3.8, 4) is 11.1 Å². The van der Waals surface area contributed by atoms with Crippen LogP contribution in [-0.2, 0) is 24.0 Å². The van der Waals surface area contributed by atoms with Gasteiger partial charge in [0.15, 0.2) is 0 Å². The van der Waals surface area contributed by atoms with Gasteiger partial charge in [-0.3, -0.25) is 14.5 Å². The fraction of sp³-hybridized carbons (Fsp3) is 0.387. The number of benzene rings is 2. The molecular weight excluding hydrogens is 531 g/mol. The summed E-state index contributed by atoms with van der Waals surface area (Å²) in [6.07, 6.45) is 1.62. The number of fused-ring (bicyclic) bond motifs is 1. The number of hydrogen-bond acceptors (Lipinski definition) is 5. The number of amides is 1. The molecule has 1 aliphatic rings. The molecule has 0 spiro atoms. The number of carbonyl (C=O) groups excluding carboxylic acids is 1. The summed E-state index contributed by atoms with van der Waals surface area (Å²) in [6.45, 7) is 6.51. The molecule has 0 radical (unpaired) electrons.